The maximum absolute atomic E-state index is 14.3. The van der Waals surface area contributed by atoms with Crippen molar-refractivity contribution >= 4 is 17.4 Å². The molecule has 150 valence electrons. The van der Waals surface area contributed by atoms with Gasteiger partial charge in [0.05, 0.1) is 5.56 Å². The molecule has 1 aromatic rings. The van der Waals surface area contributed by atoms with Gasteiger partial charge in [-0.3, -0.25) is 14.6 Å². The lowest BCUT2D eigenvalue weighted by Crippen LogP contribution is -2.34. The van der Waals surface area contributed by atoms with Gasteiger partial charge in [-0.1, -0.05) is 6.07 Å². The molecule has 5 nitrogen and oxygen atoms in total. The van der Waals surface area contributed by atoms with Crippen molar-refractivity contribution in [3.63, 3.8) is 0 Å². The van der Waals surface area contributed by atoms with Crippen LogP contribution in [0.2, 0.25) is 0 Å². The highest BCUT2D eigenvalue weighted by atomic mass is 19.1. The quantitative estimate of drug-likeness (QED) is 0.757. The summed E-state index contributed by atoms with van der Waals surface area (Å²) in [5.41, 5.74) is 3.85. The monoisotopic (exact) mass is 385 g/mol. The number of aliphatic imine (C=N–C) groups is 1. The number of benzene rings is 1. The fraction of sp³-hybridized carbons (Fsp3) is 0.500. The highest BCUT2D eigenvalue weighted by Gasteiger charge is 2.26. The zero-order valence-electron chi connectivity index (χ0n) is 16.9. The van der Waals surface area contributed by atoms with Crippen LogP contribution in [0.4, 0.5) is 4.39 Å². The van der Waals surface area contributed by atoms with Crippen molar-refractivity contribution in [1.29, 1.82) is 0 Å². The highest BCUT2D eigenvalue weighted by Crippen LogP contribution is 2.30. The SMILES string of the molecule is CN(C)CCN(C)C(=O)c1cc(CC2=NCC(=O)C3=C2CCCC3)ccc1F. The van der Waals surface area contributed by atoms with Crippen LogP contribution in [0.1, 0.15) is 41.6 Å². The molecule has 0 unspecified atom stereocenters. The van der Waals surface area contributed by atoms with Crippen molar-refractivity contribution in [2.24, 2.45) is 4.99 Å². The molecular formula is C22H28FN3O2. The molecule has 2 aliphatic rings. The van der Waals surface area contributed by atoms with Gasteiger partial charge in [-0.2, -0.15) is 0 Å². The Balaban J connectivity index is 1.79. The number of carbonyl (C=O) groups is 2. The molecule has 1 amide bonds. The molecule has 0 saturated carbocycles. The van der Waals surface area contributed by atoms with Crippen molar-refractivity contribution in [3.05, 3.63) is 46.3 Å². The Kier molecular flexibility index (Phi) is 6.39. The maximum atomic E-state index is 14.3. The predicted octanol–water partition coefficient (Wildman–Crippen LogP) is 2.90. The van der Waals surface area contributed by atoms with Crippen LogP contribution in [0.25, 0.3) is 0 Å². The minimum atomic E-state index is -0.510. The third kappa shape index (κ3) is 4.55. The Morgan fingerprint density at radius 3 is 2.54 bits per heavy atom. The number of amides is 1. The number of allylic oxidation sites excluding steroid dienone is 1. The summed E-state index contributed by atoms with van der Waals surface area (Å²) in [6, 6.07) is 4.69. The number of hydrogen-bond acceptors (Lipinski definition) is 4. The maximum Gasteiger partial charge on any atom is 0.256 e. The first kappa shape index (κ1) is 20.4. The highest BCUT2D eigenvalue weighted by molar-refractivity contribution is 6.14. The first-order valence-electron chi connectivity index (χ1n) is 9.84. The van der Waals surface area contributed by atoms with Crippen LogP contribution >= 0.6 is 0 Å². The van der Waals surface area contributed by atoms with E-state index in [4.69, 9.17) is 0 Å². The third-order valence-corrected chi connectivity index (χ3v) is 5.43. The summed E-state index contributed by atoms with van der Waals surface area (Å²) in [6.45, 7) is 1.44. The first-order chi connectivity index (χ1) is 13.4. The van der Waals surface area contributed by atoms with E-state index in [1.165, 1.54) is 6.07 Å². The van der Waals surface area contributed by atoms with Crippen LogP contribution in [0.5, 0.6) is 0 Å². The van der Waals surface area contributed by atoms with Crippen molar-refractivity contribution in [2.45, 2.75) is 32.1 Å². The summed E-state index contributed by atoms with van der Waals surface area (Å²) in [6.07, 6.45) is 4.34. The van der Waals surface area contributed by atoms with Crippen molar-refractivity contribution in [2.75, 3.05) is 40.8 Å². The molecule has 0 bridgehead atoms. The van der Waals surface area contributed by atoms with Crippen LogP contribution in [-0.2, 0) is 11.2 Å². The van der Waals surface area contributed by atoms with Gasteiger partial charge in [-0.15, -0.1) is 0 Å². The number of carbonyl (C=O) groups excluding carboxylic acids is 2. The molecule has 6 heteroatoms. The second kappa shape index (κ2) is 8.78. The minimum absolute atomic E-state index is 0.0871. The third-order valence-electron chi connectivity index (χ3n) is 5.43. The molecular weight excluding hydrogens is 357 g/mol. The summed E-state index contributed by atoms with van der Waals surface area (Å²) < 4.78 is 14.3. The Bertz CT molecular complexity index is 842. The van der Waals surface area contributed by atoms with Crippen LogP contribution in [0.15, 0.2) is 34.3 Å². The molecule has 3 rings (SSSR count). The Hall–Kier alpha value is -2.34. The normalized spacial score (nSPS) is 16.9. The van der Waals surface area contributed by atoms with Crippen molar-refractivity contribution in [1.82, 2.24) is 9.80 Å². The molecule has 0 saturated heterocycles. The van der Waals surface area contributed by atoms with Crippen LogP contribution in [0, 0.1) is 5.82 Å². The number of nitrogens with zero attached hydrogens (tertiary/aromatic N) is 3. The van der Waals surface area contributed by atoms with E-state index < -0.39 is 5.82 Å². The van der Waals surface area contributed by atoms with E-state index in [-0.39, 0.29) is 23.8 Å². The number of Topliss-reactive ketones (excluding diaryl/α,β-unsaturated/α-hetero) is 1. The van der Waals surface area contributed by atoms with Crippen LogP contribution < -0.4 is 0 Å². The van der Waals surface area contributed by atoms with Gasteiger partial charge in [0.2, 0.25) is 0 Å². The van der Waals surface area contributed by atoms with E-state index in [2.05, 4.69) is 4.99 Å². The van der Waals surface area contributed by atoms with E-state index >= 15 is 0 Å². The van der Waals surface area contributed by atoms with Crippen LogP contribution in [0.3, 0.4) is 0 Å². The van der Waals surface area contributed by atoms with Gasteiger partial charge in [-0.25, -0.2) is 4.39 Å². The minimum Gasteiger partial charge on any atom is -0.340 e. The number of likely N-dealkylation sites (N-methyl/N-ethyl adjacent to an activating group) is 2. The van der Waals surface area contributed by atoms with Crippen molar-refractivity contribution in [3.8, 4) is 0 Å². The van der Waals surface area contributed by atoms with Gasteiger partial charge >= 0.3 is 0 Å². The molecule has 1 aliphatic carbocycles. The first-order valence-corrected chi connectivity index (χ1v) is 9.84. The number of dihydropyridines is 1. The molecule has 0 spiro atoms. The smallest absolute Gasteiger partial charge is 0.256 e. The Morgan fingerprint density at radius 2 is 1.82 bits per heavy atom. The van der Waals surface area contributed by atoms with E-state index in [0.717, 1.165) is 48.1 Å². The van der Waals surface area contributed by atoms with Gasteiger partial charge in [-0.05, 0) is 63.0 Å². The summed E-state index contributed by atoms with van der Waals surface area (Å²) in [4.78, 5) is 32.8. The summed E-state index contributed by atoms with van der Waals surface area (Å²) in [5.74, 6) is -0.695. The van der Waals surface area contributed by atoms with Gasteiger partial charge < -0.3 is 9.80 Å². The zero-order valence-corrected chi connectivity index (χ0v) is 16.9. The van der Waals surface area contributed by atoms with Gasteiger partial charge in [0, 0.05) is 37.8 Å². The predicted molar refractivity (Wildman–Crippen MR) is 108 cm³/mol. The summed E-state index contributed by atoms with van der Waals surface area (Å²) >= 11 is 0. The van der Waals surface area contributed by atoms with Crippen LogP contribution in [-0.4, -0.2) is 68.0 Å². The second-order valence-electron chi connectivity index (χ2n) is 7.87. The number of halogens is 1. The molecule has 1 aliphatic heterocycles. The summed E-state index contributed by atoms with van der Waals surface area (Å²) in [7, 11) is 5.56. The van der Waals surface area contributed by atoms with Gasteiger partial charge in [0.1, 0.15) is 12.4 Å². The molecule has 0 radical (unpaired) electrons. The topological polar surface area (TPSA) is 53.0 Å². The fourth-order valence-corrected chi connectivity index (χ4v) is 3.75. The number of rotatable bonds is 6. The fourth-order valence-electron chi connectivity index (χ4n) is 3.75. The number of hydrogen-bond donors (Lipinski definition) is 0. The zero-order chi connectivity index (χ0) is 20.3. The Labute approximate surface area is 165 Å². The average Bonchev–Trinajstić information content (AvgIpc) is 2.69. The molecule has 0 atom stereocenters. The van der Waals surface area contributed by atoms with Crippen molar-refractivity contribution < 1.29 is 14.0 Å². The largest absolute Gasteiger partial charge is 0.340 e. The van der Waals surface area contributed by atoms with Gasteiger partial charge in [0.25, 0.3) is 5.91 Å². The molecule has 1 heterocycles. The van der Waals surface area contributed by atoms with E-state index in [9.17, 15) is 14.0 Å². The molecule has 28 heavy (non-hydrogen) atoms. The standard InChI is InChI=1S/C22H28FN3O2/c1-25(2)10-11-26(3)22(28)18-12-15(8-9-19(18)23)13-20-16-6-4-5-7-17(16)21(27)14-24-20/h8-9,12H,4-7,10-11,13-14H2,1-3H3. The van der Waals surface area contributed by atoms with E-state index in [1.807, 2.05) is 19.0 Å². The summed E-state index contributed by atoms with van der Waals surface area (Å²) in [5, 5.41) is 0. The molecule has 0 fully saturated rings. The molecule has 0 aromatic heterocycles. The number of ketones is 1. The van der Waals surface area contributed by atoms with E-state index in [1.54, 1.807) is 24.1 Å². The lowest BCUT2D eigenvalue weighted by atomic mass is 9.83. The van der Waals surface area contributed by atoms with E-state index in [0.29, 0.717) is 19.5 Å². The second-order valence-corrected chi connectivity index (χ2v) is 7.87. The Morgan fingerprint density at radius 1 is 1.11 bits per heavy atom. The molecule has 1 aromatic carbocycles. The average molecular weight is 385 g/mol. The lowest BCUT2D eigenvalue weighted by molar-refractivity contribution is -0.114. The van der Waals surface area contributed by atoms with Gasteiger partial charge in [0.15, 0.2) is 5.78 Å². The lowest BCUT2D eigenvalue weighted by Gasteiger charge is -2.24. The molecule has 0 N–H and O–H groups in total.